The zero-order valence-electron chi connectivity index (χ0n) is 26.3. The molecule has 1 atom stereocenters. The fraction of sp³-hybridized carbons (Fsp3) is 0.970. The summed E-state index contributed by atoms with van der Waals surface area (Å²) in [5, 5.41) is 8.27. The lowest BCUT2D eigenvalue weighted by Gasteiger charge is -2.33. The van der Waals surface area contributed by atoms with Gasteiger partial charge >= 0.3 is 0 Å². The molecule has 0 amide bonds. The van der Waals surface area contributed by atoms with Gasteiger partial charge in [0.2, 0.25) is 0 Å². The van der Waals surface area contributed by atoms with E-state index >= 15 is 0 Å². The van der Waals surface area contributed by atoms with Gasteiger partial charge in [-0.1, -0.05) is 176 Å². The number of hydrogen-bond acceptors (Lipinski definition) is 3. The summed E-state index contributed by atoms with van der Waals surface area (Å²) in [6.45, 7) is 15.1. The fourth-order valence-corrected chi connectivity index (χ4v) is 5.11. The Morgan fingerprint density at radius 1 is 0.541 bits per heavy atom. The molecular weight excluding hydrogens is 475 g/mol. The summed E-state index contributed by atoms with van der Waals surface area (Å²) in [4.78, 5) is 0. The largest absolute Gasteiger partial charge is 0.396 e. The minimum Gasteiger partial charge on any atom is -0.396 e. The molecule has 0 heterocycles. The highest BCUT2D eigenvalue weighted by atomic mass is 31.2. The van der Waals surface area contributed by atoms with Crippen LogP contribution in [0, 0.1) is 6.66 Å². The maximum absolute atomic E-state index is 12.2. The predicted octanol–water partition coefficient (Wildman–Crippen LogP) is 12.3. The molecule has 1 unspecified atom stereocenters. The van der Waals surface area contributed by atoms with Crippen molar-refractivity contribution in [2.45, 2.75) is 194 Å². The van der Waals surface area contributed by atoms with Gasteiger partial charge in [-0.25, -0.2) is 0 Å². The second-order valence-electron chi connectivity index (χ2n) is 12.2. The Bertz CT molecular complexity index is 461. The molecule has 0 fully saturated rings. The average Bonchev–Trinajstić information content (AvgIpc) is 2.85. The normalized spacial score (nSPS) is 13.3. The maximum atomic E-state index is 12.2. The molecule has 0 rings (SSSR count). The van der Waals surface area contributed by atoms with Crippen molar-refractivity contribution in [3.05, 3.63) is 6.66 Å². The molecule has 0 aromatic heterocycles. The van der Waals surface area contributed by atoms with Crippen LogP contribution in [0.1, 0.15) is 189 Å². The molecule has 0 bridgehead atoms. The van der Waals surface area contributed by atoms with Crippen LogP contribution in [0.5, 0.6) is 0 Å². The van der Waals surface area contributed by atoms with E-state index < -0.39 is 7.37 Å². The third-order valence-electron chi connectivity index (χ3n) is 7.33. The minimum absolute atomic E-state index is 0.343. The van der Waals surface area contributed by atoms with E-state index in [4.69, 9.17) is 9.63 Å². The van der Waals surface area contributed by atoms with Gasteiger partial charge in [0.25, 0.3) is 0 Å². The number of hydrogen-bond donors (Lipinski definition) is 1. The second kappa shape index (κ2) is 29.1. The highest BCUT2D eigenvalue weighted by Crippen LogP contribution is 2.57. The highest BCUT2D eigenvalue weighted by molar-refractivity contribution is 7.61. The monoisotopic (exact) mass is 546 g/mol. The minimum atomic E-state index is -2.71. The van der Waals surface area contributed by atoms with Crippen LogP contribution in [-0.4, -0.2) is 23.5 Å². The van der Waals surface area contributed by atoms with Crippen LogP contribution in [0.15, 0.2) is 0 Å². The molecule has 1 N–H and O–H groups in total. The summed E-state index contributed by atoms with van der Waals surface area (Å²) in [6.07, 6.45) is 32.2. The first-order valence-electron chi connectivity index (χ1n) is 16.4. The molecule has 4 heteroatoms. The molecular formula is C33H70O3P-. The maximum Gasteiger partial charge on any atom is 0.0704 e. The van der Waals surface area contributed by atoms with Gasteiger partial charge in [-0.2, -0.15) is 0 Å². The average molecular weight is 546 g/mol. The lowest BCUT2D eigenvalue weighted by Crippen LogP contribution is -2.15. The topological polar surface area (TPSA) is 46.5 Å². The zero-order chi connectivity index (χ0) is 28.1. The van der Waals surface area contributed by atoms with Gasteiger partial charge in [0.15, 0.2) is 0 Å². The molecule has 0 spiro atoms. The Labute approximate surface area is 235 Å². The van der Waals surface area contributed by atoms with Crippen molar-refractivity contribution in [2.75, 3.05) is 13.2 Å². The van der Waals surface area contributed by atoms with Crippen LogP contribution >= 0.6 is 7.37 Å². The summed E-state index contributed by atoms with van der Waals surface area (Å²) in [6, 6.07) is 0. The van der Waals surface area contributed by atoms with Gasteiger partial charge < -0.3 is 14.2 Å². The van der Waals surface area contributed by atoms with Gasteiger partial charge in [0.1, 0.15) is 0 Å². The number of aliphatic hydroxyl groups excluding tert-OH is 1. The van der Waals surface area contributed by atoms with E-state index in [1.165, 1.54) is 141 Å². The third-order valence-corrected chi connectivity index (χ3v) is 9.98. The Kier molecular flexibility index (Phi) is 30.9. The first-order chi connectivity index (χ1) is 17.7. The van der Waals surface area contributed by atoms with E-state index in [9.17, 15) is 4.57 Å². The lowest BCUT2D eigenvalue weighted by molar-refractivity contribution is 0.282. The van der Waals surface area contributed by atoms with Gasteiger partial charge in [-0.15, -0.1) is 0 Å². The predicted molar refractivity (Wildman–Crippen MR) is 168 cm³/mol. The van der Waals surface area contributed by atoms with Crippen LogP contribution in [0.2, 0.25) is 0 Å². The van der Waals surface area contributed by atoms with E-state index in [0.717, 1.165) is 12.8 Å². The van der Waals surface area contributed by atoms with Crippen LogP contribution < -0.4 is 0 Å². The first-order valence-corrected chi connectivity index (χ1v) is 18.2. The molecule has 37 heavy (non-hydrogen) atoms. The van der Waals surface area contributed by atoms with Crippen molar-refractivity contribution in [1.82, 2.24) is 0 Å². The molecule has 0 aromatic carbocycles. The molecule has 0 aromatic rings. The summed E-state index contributed by atoms with van der Waals surface area (Å²) >= 11 is 0. The Morgan fingerprint density at radius 3 is 1.08 bits per heavy atom. The highest BCUT2D eigenvalue weighted by Gasteiger charge is 2.25. The molecule has 3 nitrogen and oxygen atoms in total. The third kappa shape index (κ3) is 30.5. The van der Waals surface area contributed by atoms with Crippen LogP contribution in [0.3, 0.4) is 0 Å². The zero-order valence-corrected chi connectivity index (χ0v) is 27.2. The standard InChI is InChI=1S/C19H40O2P.C14H30O/c1-6-7-8-9-10-11-12-13-14-15-16-17-18-21-22(5,20)19(2,3)4;1-2-3-4-5-6-7-8-9-10-11-12-13-14-15/h5-18H2,1-4H3;15H,2-14H2,1H3/q-1;. The van der Waals surface area contributed by atoms with E-state index in [0.29, 0.717) is 13.2 Å². The van der Waals surface area contributed by atoms with Crippen molar-refractivity contribution in [3.8, 4) is 0 Å². The Balaban J connectivity index is 0. The van der Waals surface area contributed by atoms with Crippen molar-refractivity contribution in [1.29, 1.82) is 0 Å². The van der Waals surface area contributed by atoms with Crippen molar-refractivity contribution in [3.63, 3.8) is 0 Å². The van der Waals surface area contributed by atoms with E-state index in [2.05, 4.69) is 20.5 Å². The van der Waals surface area contributed by atoms with Crippen LogP contribution in [0.4, 0.5) is 0 Å². The van der Waals surface area contributed by atoms with Crippen molar-refractivity contribution in [2.24, 2.45) is 0 Å². The number of aliphatic hydroxyl groups is 1. The molecule has 0 saturated heterocycles. The Morgan fingerprint density at radius 2 is 0.811 bits per heavy atom. The number of rotatable bonds is 26. The second-order valence-corrected chi connectivity index (χ2v) is 15.1. The summed E-state index contributed by atoms with van der Waals surface area (Å²) < 4.78 is 17.7. The molecule has 0 aliphatic carbocycles. The molecule has 0 radical (unpaired) electrons. The molecule has 0 aliphatic heterocycles. The smallest absolute Gasteiger partial charge is 0.0704 e. The summed E-state index contributed by atoms with van der Waals surface area (Å²) in [5.74, 6) is 0. The van der Waals surface area contributed by atoms with Gasteiger partial charge in [-0.05, 0) is 12.8 Å². The number of unbranched alkanes of at least 4 members (excludes halogenated alkanes) is 22. The van der Waals surface area contributed by atoms with Gasteiger partial charge in [-0.3, -0.25) is 6.66 Å². The van der Waals surface area contributed by atoms with Gasteiger partial charge in [0, 0.05) is 11.8 Å². The van der Waals surface area contributed by atoms with Crippen molar-refractivity contribution < 1.29 is 14.2 Å². The Hall–Kier alpha value is 0.150. The molecule has 0 aliphatic rings. The molecule has 226 valence electrons. The quantitative estimate of drug-likeness (QED) is 0.0668. The molecule has 0 saturated carbocycles. The van der Waals surface area contributed by atoms with E-state index in [1.807, 2.05) is 20.8 Å². The van der Waals surface area contributed by atoms with Crippen LogP contribution in [-0.2, 0) is 9.09 Å². The lowest BCUT2D eigenvalue weighted by atomic mass is 10.1. The van der Waals surface area contributed by atoms with Crippen molar-refractivity contribution >= 4 is 7.37 Å². The fourth-order valence-electron chi connectivity index (χ4n) is 4.30. The summed E-state index contributed by atoms with van der Waals surface area (Å²) in [5.41, 5.74) is 0. The van der Waals surface area contributed by atoms with Crippen LogP contribution in [0.25, 0.3) is 0 Å². The van der Waals surface area contributed by atoms with E-state index in [-0.39, 0.29) is 5.16 Å². The van der Waals surface area contributed by atoms with Gasteiger partial charge in [0.05, 0.1) is 14.0 Å². The first kappa shape index (κ1) is 39.3. The SMILES string of the molecule is CCCCCCCCCCCCCCO.[CH2-]P(=O)(OCCCCCCCCCCCCCC)C(C)(C)C. The van der Waals surface area contributed by atoms with E-state index in [1.54, 1.807) is 0 Å². The summed E-state index contributed by atoms with van der Waals surface area (Å²) in [7, 11) is -2.71.